The summed E-state index contributed by atoms with van der Waals surface area (Å²) in [6.45, 7) is 2.06. The molecule has 1 N–H and O–H groups in total. The van der Waals surface area contributed by atoms with Crippen LogP contribution in [-0.4, -0.2) is 33.4 Å². The second-order valence-corrected chi connectivity index (χ2v) is 9.35. The summed E-state index contributed by atoms with van der Waals surface area (Å²) < 4.78 is 1.88. The summed E-state index contributed by atoms with van der Waals surface area (Å²) >= 11 is 0. The van der Waals surface area contributed by atoms with Gasteiger partial charge in [-0.05, 0) is 49.8 Å². The van der Waals surface area contributed by atoms with Gasteiger partial charge in [-0.1, -0.05) is 66.3 Å². The van der Waals surface area contributed by atoms with Crippen LogP contribution in [0.5, 0.6) is 0 Å². The number of hydrogen-bond acceptors (Lipinski definition) is 2. The fourth-order valence-corrected chi connectivity index (χ4v) is 5.37. The zero-order valence-electron chi connectivity index (χ0n) is 19.0. The lowest BCUT2D eigenvalue weighted by Gasteiger charge is -2.42. The number of aromatic amines is 1. The second-order valence-electron chi connectivity index (χ2n) is 9.35. The Hall–Kier alpha value is -3.34. The molecule has 5 rings (SSSR count). The van der Waals surface area contributed by atoms with Gasteiger partial charge in [-0.2, -0.15) is 0 Å². The van der Waals surface area contributed by atoms with Crippen molar-refractivity contribution in [1.82, 2.24) is 14.5 Å². The van der Waals surface area contributed by atoms with Crippen LogP contribution in [0, 0.1) is 0 Å². The van der Waals surface area contributed by atoms with E-state index in [-0.39, 0.29) is 17.0 Å². The van der Waals surface area contributed by atoms with E-state index in [1.54, 1.807) is 0 Å². The van der Waals surface area contributed by atoms with Gasteiger partial charge in [0.2, 0.25) is 5.91 Å². The predicted molar refractivity (Wildman–Crippen MR) is 132 cm³/mol. The fourth-order valence-electron chi connectivity index (χ4n) is 5.37. The van der Waals surface area contributed by atoms with Gasteiger partial charge in [-0.3, -0.25) is 9.36 Å². The van der Waals surface area contributed by atoms with E-state index in [0.717, 1.165) is 56.2 Å². The molecule has 33 heavy (non-hydrogen) atoms. The highest BCUT2D eigenvalue weighted by molar-refractivity contribution is 5.77. The molecule has 2 aromatic carbocycles. The van der Waals surface area contributed by atoms with Crippen molar-refractivity contribution >= 4 is 16.9 Å². The highest BCUT2D eigenvalue weighted by atomic mass is 16.2. The zero-order valence-corrected chi connectivity index (χ0v) is 19.0. The third-order valence-corrected chi connectivity index (χ3v) is 7.36. The number of fused-ring (bicyclic) bond motifs is 1. The standard InChI is InChI=1S/C28H31N3O2/c32-26(16-15-22-9-3-1-4-10-22)30-19-17-28(18-20-30,23-11-5-2-6-12-23)21-31-25-14-8-7-13-24(25)29-27(31)33/h1-3,5-9,11-14H,4,10,15-21H2,(H,29,33). The minimum absolute atomic E-state index is 0.0696. The van der Waals surface area contributed by atoms with Gasteiger partial charge in [0.05, 0.1) is 11.0 Å². The van der Waals surface area contributed by atoms with Gasteiger partial charge in [0, 0.05) is 31.5 Å². The molecule has 1 saturated heterocycles. The van der Waals surface area contributed by atoms with Crippen LogP contribution in [0.2, 0.25) is 0 Å². The maximum absolute atomic E-state index is 13.0. The van der Waals surface area contributed by atoms with Gasteiger partial charge < -0.3 is 9.88 Å². The molecule has 1 fully saturated rings. The summed E-state index contributed by atoms with van der Waals surface area (Å²) in [6.07, 6.45) is 11.7. The summed E-state index contributed by atoms with van der Waals surface area (Å²) in [5, 5.41) is 0. The number of amides is 1. The van der Waals surface area contributed by atoms with Crippen LogP contribution in [0.15, 0.2) is 83.2 Å². The van der Waals surface area contributed by atoms with Crippen LogP contribution in [0.3, 0.4) is 0 Å². The van der Waals surface area contributed by atoms with Crippen LogP contribution in [-0.2, 0) is 16.8 Å². The number of nitrogens with one attached hydrogen (secondary N) is 1. The highest BCUT2D eigenvalue weighted by Crippen LogP contribution is 2.38. The van der Waals surface area contributed by atoms with Crippen molar-refractivity contribution in [2.75, 3.05) is 13.1 Å². The molecule has 0 spiro atoms. The third kappa shape index (κ3) is 4.45. The van der Waals surface area contributed by atoms with E-state index < -0.39 is 0 Å². The van der Waals surface area contributed by atoms with Gasteiger partial charge in [0.25, 0.3) is 0 Å². The molecule has 2 heterocycles. The van der Waals surface area contributed by atoms with E-state index in [2.05, 4.69) is 47.5 Å². The number of aromatic nitrogens is 2. The maximum Gasteiger partial charge on any atom is 0.326 e. The summed E-state index contributed by atoms with van der Waals surface area (Å²) in [6, 6.07) is 18.4. The Balaban J connectivity index is 1.35. The van der Waals surface area contributed by atoms with Crippen molar-refractivity contribution < 1.29 is 4.79 Å². The lowest BCUT2D eigenvalue weighted by Crippen LogP contribution is -2.47. The van der Waals surface area contributed by atoms with E-state index in [1.807, 2.05) is 39.8 Å². The predicted octanol–water partition coefficient (Wildman–Crippen LogP) is 4.95. The Morgan fingerprint density at radius 2 is 1.76 bits per heavy atom. The Morgan fingerprint density at radius 3 is 2.52 bits per heavy atom. The topological polar surface area (TPSA) is 58.1 Å². The number of para-hydroxylation sites is 2. The first-order chi connectivity index (χ1) is 16.1. The molecule has 0 bridgehead atoms. The molecular formula is C28H31N3O2. The van der Waals surface area contributed by atoms with E-state index in [4.69, 9.17) is 0 Å². The van der Waals surface area contributed by atoms with E-state index in [0.29, 0.717) is 13.0 Å². The Morgan fingerprint density at radius 1 is 1.00 bits per heavy atom. The maximum atomic E-state index is 13.0. The molecule has 0 radical (unpaired) electrons. The Kier molecular flexibility index (Phi) is 6.03. The molecule has 1 aliphatic heterocycles. The molecular weight excluding hydrogens is 410 g/mol. The van der Waals surface area contributed by atoms with E-state index >= 15 is 0 Å². The number of nitrogens with zero attached hydrogens (tertiary/aromatic N) is 2. The number of carbonyl (C=O) groups excluding carboxylic acids is 1. The zero-order chi connectivity index (χ0) is 22.7. The largest absolute Gasteiger partial charge is 0.343 e. The van der Waals surface area contributed by atoms with Crippen LogP contribution >= 0.6 is 0 Å². The number of allylic oxidation sites excluding steroid dienone is 4. The molecule has 1 aliphatic carbocycles. The number of H-pyrrole nitrogens is 1. The first-order valence-corrected chi connectivity index (χ1v) is 12.0. The lowest BCUT2D eigenvalue weighted by molar-refractivity contribution is -0.132. The molecule has 1 aromatic heterocycles. The molecule has 1 amide bonds. The molecule has 170 valence electrons. The molecule has 0 atom stereocenters. The molecule has 2 aliphatic rings. The summed E-state index contributed by atoms with van der Waals surface area (Å²) in [7, 11) is 0. The molecule has 0 unspecified atom stereocenters. The van der Waals surface area contributed by atoms with Crippen molar-refractivity contribution in [3.05, 3.63) is 94.4 Å². The van der Waals surface area contributed by atoms with Crippen LogP contribution in [0.1, 0.15) is 44.1 Å². The first-order valence-electron chi connectivity index (χ1n) is 12.0. The van der Waals surface area contributed by atoms with E-state index in [9.17, 15) is 9.59 Å². The summed E-state index contributed by atoms with van der Waals surface area (Å²) in [5.41, 5.74) is 4.17. The van der Waals surface area contributed by atoms with Gasteiger partial charge in [-0.25, -0.2) is 4.79 Å². The van der Waals surface area contributed by atoms with Crippen molar-refractivity contribution in [2.45, 2.75) is 50.5 Å². The van der Waals surface area contributed by atoms with Crippen molar-refractivity contribution in [1.29, 1.82) is 0 Å². The van der Waals surface area contributed by atoms with Crippen molar-refractivity contribution in [2.24, 2.45) is 0 Å². The SMILES string of the molecule is O=C(CCC1=CC=CCC1)N1CCC(Cn2c(=O)[nH]c3ccccc32)(c2ccccc2)CC1. The average molecular weight is 442 g/mol. The number of benzene rings is 2. The van der Waals surface area contributed by atoms with Crippen LogP contribution in [0.25, 0.3) is 11.0 Å². The number of piperidine rings is 1. The van der Waals surface area contributed by atoms with Gasteiger partial charge in [-0.15, -0.1) is 0 Å². The van der Waals surface area contributed by atoms with E-state index in [1.165, 1.54) is 11.1 Å². The number of imidazole rings is 1. The smallest absolute Gasteiger partial charge is 0.326 e. The Bertz CT molecular complexity index is 1240. The number of carbonyl (C=O) groups is 1. The fraction of sp³-hybridized carbons (Fsp3) is 0.357. The van der Waals surface area contributed by atoms with Crippen LogP contribution < -0.4 is 5.69 Å². The van der Waals surface area contributed by atoms with Crippen molar-refractivity contribution in [3.8, 4) is 0 Å². The monoisotopic (exact) mass is 441 g/mol. The van der Waals surface area contributed by atoms with Crippen LogP contribution in [0.4, 0.5) is 0 Å². The quantitative estimate of drug-likeness (QED) is 0.589. The first kappa shape index (κ1) is 21.5. The lowest BCUT2D eigenvalue weighted by atomic mass is 9.72. The molecule has 0 saturated carbocycles. The minimum Gasteiger partial charge on any atom is -0.343 e. The average Bonchev–Trinajstić information content (AvgIpc) is 3.19. The molecule has 5 heteroatoms. The summed E-state index contributed by atoms with van der Waals surface area (Å²) in [4.78, 5) is 30.8. The highest BCUT2D eigenvalue weighted by Gasteiger charge is 2.38. The van der Waals surface area contributed by atoms with Crippen molar-refractivity contribution in [3.63, 3.8) is 0 Å². The third-order valence-electron chi connectivity index (χ3n) is 7.36. The van der Waals surface area contributed by atoms with Gasteiger partial charge in [0.1, 0.15) is 0 Å². The molecule has 5 nitrogen and oxygen atoms in total. The van der Waals surface area contributed by atoms with Gasteiger partial charge >= 0.3 is 5.69 Å². The number of likely N-dealkylation sites (tertiary alicyclic amines) is 1. The second kappa shape index (κ2) is 9.26. The normalized spacial score (nSPS) is 17.8. The van der Waals surface area contributed by atoms with Gasteiger partial charge in [0.15, 0.2) is 0 Å². The Labute approximate surface area is 194 Å². The number of rotatable bonds is 6. The minimum atomic E-state index is -0.177. The molecule has 3 aromatic rings. The number of hydrogen-bond donors (Lipinski definition) is 1. The summed E-state index contributed by atoms with van der Waals surface area (Å²) in [5.74, 6) is 0.247.